The predicted molar refractivity (Wildman–Crippen MR) is 89.6 cm³/mol. The second-order valence-electron chi connectivity index (χ2n) is 6.47. The Labute approximate surface area is 145 Å². The third kappa shape index (κ3) is 2.99. The van der Waals surface area contributed by atoms with Crippen molar-refractivity contribution in [2.75, 3.05) is 30.3 Å². The highest BCUT2D eigenvalue weighted by Crippen LogP contribution is 2.28. The summed E-state index contributed by atoms with van der Waals surface area (Å²) in [6.45, 7) is 5.16. The molecule has 4 heterocycles. The first-order chi connectivity index (χ1) is 12.1. The second-order valence-corrected chi connectivity index (χ2v) is 6.47. The van der Waals surface area contributed by atoms with Gasteiger partial charge in [0.25, 0.3) is 0 Å². The highest BCUT2D eigenvalue weighted by Gasteiger charge is 2.28. The highest BCUT2D eigenvalue weighted by molar-refractivity contribution is 5.76. The smallest absolute Gasteiger partial charge is 0.244 e. The number of rotatable bonds is 3. The number of carbonyl (C=O) groups excluding carboxylic acids is 1. The van der Waals surface area contributed by atoms with Gasteiger partial charge in [0, 0.05) is 25.2 Å². The van der Waals surface area contributed by atoms with Crippen LogP contribution in [-0.2, 0) is 24.3 Å². The number of hydrogen-bond donors (Lipinski definition) is 1. The van der Waals surface area contributed by atoms with Gasteiger partial charge in [-0.15, -0.1) is 0 Å². The Morgan fingerprint density at radius 2 is 2.00 bits per heavy atom. The molecule has 1 amide bonds. The van der Waals surface area contributed by atoms with Crippen LogP contribution in [0.5, 0.6) is 0 Å². The van der Waals surface area contributed by atoms with Gasteiger partial charge in [-0.2, -0.15) is 0 Å². The van der Waals surface area contributed by atoms with Crippen LogP contribution in [0.1, 0.15) is 29.9 Å². The van der Waals surface area contributed by atoms with E-state index in [1.165, 1.54) is 23.1 Å². The predicted octanol–water partition coefficient (Wildman–Crippen LogP) is -0.461. The molecule has 132 valence electrons. The summed E-state index contributed by atoms with van der Waals surface area (Å²) >= 11 is 0. The van der Waals surface area contributed by atoms with E-state index < -0.39 is 0 Å². The zero-order chi connectivity index (χ0) is 17.4. The maximum absolute atomic E-state index is 12.6. The minimum Gasteiger partial charge on any atom is -0.367 e. The van der Waals surface area contributed by atoms with Gasteiger partial charge in [0.1, 0.15) is 18.2 Å². The van der Waals surface area contributed by atoms with Gasteiger partial charge >= 0.3 is 0 Å². The zero-order valence-corrected chi connectivity index (χ0v) is 14.2. The average molecular weight is 343 g/mol. The molecule has 0 saturated carbocycles. The lowest BCUT2D eigenvalue weighted by Crippen LogP contribution is -2.39. The van der Waals surface area contributed by atoms with Crippen LogP contribution >= 0.6 is 0 Å². The number of carbonyl (C=O) groups is 1. The number of nitrogens with two attached hydrogens (primary N) is 1. The van der Waals surface area contributed by atoms with Crippen LogP contribution in [0.2, 0.25) is 0 Å². The van der Waals surface area contributed by atoms with E-state index in [-0.39, 0.29) is 18.4 Å². The maximum Gasteiger partial charge on any atom is 0.244 e. The molecular weight excluding hydrogens is 322 g/mol. The minimum absolute atomic E-state index is 0.0389. The van der Waals surface area contributed by atoms with Gasteiger partial charge in [-0.25, -0.2) is 14.6 Å². The Morgan fingerprint density at radius 1 is 1.20 bits per heavy atom. The molecule has 10 heteroatoms. The van der Waals surface area contributed by atoms with E-state index in [0.717, 1.165) is 36.8 Å². The third-order valence-corrected chi connectivity index (χ3v) is 4.76. The molecule has 1 fully saturated rings. The molecule has 0 bridgehead atoms. The summed E-state index contributed by atoms with van der Waals surface area (Å²) in [5, 5.41) is 10.8. The molecule has 0 atom stereocenters. The summed E-state index contributed by atoms with van der Waals surface area (Å²) in [5.41, 5.74) is 7.76. The largest absolute Gasteiger partial charge is 0.367 e. The van der Waals surface area contributed by atoms with Gasteiger partial charge < -0.3 is 15.5 Å². The number of hydrogen-bond acceptors (Lipinski definition) is 8. The molecule has 2 aromatic rings. The fourth-order valence-corrected chi connectivity index (χ4v) is 3.49. The van der Waals surface area contributed by atoms with Gasteiger partial charge in [0.05, 0.1) is 12.2 Å². The second kappa shape index (κ2) is 6.26. The number of fused-ring (bicyclic) bond motifs is 1. The molecule has 2 aromatic heterocycles. The van der Waals surface area contributed by atoms with E-state index in [0.29, 0.717) is 13.1 Å². The summed E-state index contributed by atoms with van der Waals surface area (Å²) in [6, 6.07) is 0. The number of anilines is 2. The Bertz CT molecular complexity index is 796. The standard InChI is InChI=1S/C15H21N9O/c1-10-17-12-8-23(13(25)9-24-15(16)19-20-21-24)7-4-11(12)14(18-10)22-5-2-3-6-22/h2-9H2,1H3,(H2,16,19,21). The zero-order valence-electron chi connectivity index (χ0n) is 14.2. The van der Waals surface area contributed by atoms with E-state index in [4.69, 9.17) is 5.73 Å². The molecule has 0 spiro atoms. The van der Waals surface area contributed by atoms with Gasteiger partial charge in [0.15, 0.2) is 0 Å². The number of aromatic nitrogens is 6. The topological polar surface area (TPSA) is 119 Å². The van der Waals surface area contributed by atoms with E-state index in [1.807, 2.05) is 6.92 Å². The molecule has 25 heavy (non-hydrogen) atoms. The molecule has 2 aliphatic heterocycles. The molecule has 0 aromatic carbocycles. The molecule has 1 saturated heterocycles. The van der Waals surface area contributed by atoms with Crippen molar-refractivity contribution in [2.24, 2.45) is 0 Å². The van der Waals surface area contributed by atoms with Crippen LogP contribution in [0.4, 0.5) is 11.8 Å². The summed E-state index contributed by atoms with van der Waals surface area (Å²) in [7, 11) is 0. The van der Waals surface area contributed by atoms with Gasteiger partial charge in [-0.05, 0) is 36.6 Å². The van der Waals surface area contributed by atoms with Gasteiger partial charge in [-0.1, -0.05) is 5.10 Å². The molecule has 0 aliphatic carbocycles. The van der Waals surface area contributed by atoms with Crippen LogP contribution < -0.4 is 10.6 Å². The quantitative estimate of drug-likeness (QED) is 0.795. The van der Waals surface area contributed by atoms with Gasteiger partial charge in [0.2, 0.25) is 11.9 Å². The summed E-state index contributed by atoms with van der Waals surface area (Å²) in [5.74, 6) is 1.88. The minimum atomic E-state index is -0.0661. The molecule has 2 aliphatic rings. The summed E-state index contributed by atoms with van der Waals surface area (Å²) < 4.78 is 1.30. The van der Waals surface area contributed by atoms with Crippen LogP contribution in [0.3, 0.4) is 0 Å². The maximum atomic E-state index is 12.6. The fraction of sp³-hybridized carbons (Fsp3) is 0.600. The van der Waals surface area contributed by atoms with Crippen molar-refractivity contribution < 1.29 is 4.79 Å². The first-order valence-electron chi connectivity index (χ1n) is 8.52. The lowest BCUT2D eigenvalue weighted by atomic mass is 10.0. The van der Waals surface area contributed by atoms with Crippen molar-refractivity contribution in [1.82, 2.24) is 35.1 Å². The molecule has 10 nitrogen and oxygen atoms in total. The first-order valence-corrected chi connectivity index (χ1v) is 8.52. The number of tetrazole rings is 1. The van der Waals surface area contributed by atoms with Gasteiger partial charge in [-0.3, -0.25) is 4.79 Å². The summed E-state index contributed by atoms with van der Waals surface area (Å²) in [6.07, 6.45) is 3.17. The Balaban J connectivity index is 1.54. The number of amides is 1. The van der Waals surface area contributed by atoms with Crippen molar-refractivity contribution in [3.05, 3.63) is 17.1 Å². The molecule has 0 radical (unpaired) electrons. The fourth-order valence-electron chi connectivity index (χ4n) is 3.49. The molecule has 2 N–H and O–H groups in total. The van der Waals surface area contributed by atoms with Crippen LogP contribution in [-0.4, -0.2) is 60.6 Å². The Hall–Kier alpha value is -2.78. The van der Waals surface area contributed by atoms with E-state index >= 15 is 0 Å². The molecular formula is C15H21N9O. The summed E-state index contributed by atoms with van der Waals surface area (Å²) in [4.78, 5) is 25.9. The first kappa shape index (κ1) is 15.7. The SMILES string of the molecule is Cc1nc2c(c(N3CCCC3)n1)CCN(C(=O)Cn1nnnc1N)C2. The highest BCUT2D eigenvalue weighted by atomic mass is 16.2. The van der Waals surface area contributed by atoms with Crippen LogP contribution in [0.25, 0.3) is 0 Å². The van der Waals surface area contributed by atoms with Crippen LogP contribution in [0, 0.1) is 6.92 Å². The van der Waals surface area contributed by atoms with Crippen molar-refractivity contribution in [3.8, 4) is 0 Å². The van der Waals surface area contributed by atoms with E-state index in [2.05, 4.69) is 30.4 Å². The molecule has 0 unspecified atom stereocenters. The van der Waals surface area contributed by atoms with Crippen molar-refractivity contribution in [3.63, 3.8) is 0 Å². The monoisotopic (exact) mass is 343 g/mol. The van der Waals surface area contributed by atoms with E-state index in [9.17, 15) is 4.79 Å². The number of nitrogen functional groups attached to an aromatic ring is 1. The Morgan fingerprint density at radius 3 is 2.72 bits per heavy atom. The molecule has 4 rings (SSSR count). The third-order valence-electron chi connectivity index (χ3n) is 4.76. The average Bonchev–Trinajstić information content (AvgIpc) is 3.26. The van der Waals surface area contributed by atoms with Crippen LogP contribution in [0.15, 0.2) is 0 Å². The van der Waals surface area contributed by atoms with Crippen molar-refractivity contribution >= 4 is 17.7 Å². The van der Waals surface area contributed by atoms with Crippen molar-refractivity contribution in [1.29, 1.82) is 0 Å². The van der Waals surface area contributed by atoms with Crippen molar-refractivity contribution in [2.45, 2.75) is 39.3 Å². The normalized spacial score (nSPS) is 17.0. The lowest BCUT2D eigenvalue weighted by molar-refractivity contribution is -0.133. The lowest BCUT2D eigenvalue weighted by Gasteiger charge is -2.31. The number of aryl methyl sites for hydroxylation is 1. The van der Waals surface area contributed by atoms with E-state index in [1.54, 1.807) is 4.90 Å². The Kier molecular flexibility index (Phi) is 3.94. The number of nitrogens with zero attached hydrogens (tertiary/aromatic N) is 8.